The molecule has 0 spiro atoms. The van der Waals surface area contributed by atoms with Crippen LogP contribution in [-0.2, 0) is 10.1 Å². The maximum absolute atomic E-state index is 10.8. The predicted octanol–water partition coefficient (Wildman–Crippen LogP) is 0.956. The lowest BCUT2D eigenvalue weighted by atomic mass is 10.2. The van der Waals surface area contributed by atoms with Crippen molar-refractivity contribution in [1.29, 1.82) is 0 Å². The lowest BCUT2D eigenvalue weighted by molar-refractivity contribution is 0.363. The second kappa shape index (κ2) is 3.47. The van der Waals surface area contributed by atoms with Gasteiger partial charge >= 0.3 is 0 Å². The maximum atomic E-state index is 10.8. The smallest absolute Gasteiger partial charge is 0.298 e. The Labute approximate surface area is 81.7 Å². The largest absolute Gasteiger partial charge is 0.503 e. The zero-order valence-corrected chi connectivity index (χ0v) is 8.50. The van der Waals surface area contributed by atoms with Crippen molar-refractivity contribution in [3.8, 4) is 11.5 Å². The lowest BCUT2D eigenvalue weighted by Gasteiger charge is -2.07. The number of benzene rings is 1. The van der Waals surface area contributed by atoms with E-state index < -0.39 is 20.8 Å². The molecule has 78 valence electrons. The Kier molecular flexibility index (Phi) is 2.68. The number of hydrogen-bond acceptors (Lipinski definition) is 4. The summed E-state index contributed by atoms with van der Waals surface area (Å²) >= 11 is 0. The number of methoxy groups -OCH3 is 1. The third-order valence-corrected chi connectivity index (χ3v) is 2.55. The van der Waals surface area contributed by atoms with E-state index in [-0.39, 0.29) is 5.75 Å². The molecule has 2 N–H and O–H groups in total. The number of rotatable bonds is 2. The molecule has 1 aromatic carbocycles. The first kappa shape index (κ1) is 10.8. The van der Waals surface area contributed by atoms with Crippen LogP contribution in [0.2, 0.25) is 0 Å². The molecule has 0 aromatic heterocycles. The van der Waals surface area contributed by atoms with E-state index in [9.17, 15) is 13.5 Å². The van der Waals surface area contributed by atoms with Gasteiger partial charge in [0.1, 0.15) is 4.90 Å². The maximum Gasteiger partial charge on any atom is 0.298 e. The highest BCUT2D eigenvalue weighted by Crippen LogP contribution is 2.33. The van der Waals surface area contributed by atoms with Crippen molar-refractivity contribution in [2.75, 3.05) is 7.11 Å². The number of aryl methyl sites for hydroxylation is 1. The van der Waals surface area contributed by atoms with E-state index in [1.807, 2.05) is 0 Å². The average molecular weight is 218 g/mol. The van der Waals surface area contributed by atoms with Gasteiger partial charge in [0.05, 0.1) is 7.11 Å². The van der Waals surface area contributed by atoms with Crippen molar-refractivity contribution in [3.63, 3.8) is 0 Å². The van der Waals surface area contributed by atoms with E-state index in [1.54, 1.807) is 6.92 Å². The van der Waals surface area contributed by atoms with Crippen LogP contribution in [0.4, 0.5) is 0 Å². The summed E-state index contributed by atoms with van der Waals surface area (Å²) in [5, 5.41) is 9.38. The molecule has 0 radical (unpaired) electrons. The standard InChI is InChI=1S/C8H10O5S/c1-5-3-6(13-2)8(9)7(4-5)14(10,11)12/h3-4,9H,1-2H3,(H,10,11,12). The van der Waals surface area contributed by atoms with Crippen molar-refractivity contribution in [2.24, 2.45) is 0 Å². The summed E-state index contributed by atoms with van der Waals surface area (Å²) in [5.74, 6) is -0.571. The lowest BCUT2D eigenvalue weighted by Crippen LogP contribution is -2.00. The normalized spacial score (nSPS) is 11.4. The fourth-order valence-corrected chi connectivity index (χ4v) is 1.75. The van der Waals surface area contributed by atoms with Crippen LogP contribution in [0.25, 0.3) is 0 Å². The Bertz CT molecular complexity index is 449. The molecule has 0 atom stereocenters. The van der Waals surface area contributed by atoms with Gasteiger partial charge < -0.3 is 9.84 Å². The molecule has 0 fully saturated rings. The number of phenols is 1. The molecular weight excluding hydrogens is 208 g/mol. The molecule has 0 unspecified atom stereocenters. The molecule has 1 rings (SSSR count). The summed E-state index contributed by atoms with van der Waals surface area (Å²) in [6.45, 7) is 1.62. The second-order valence-corrected chi connectivity index (χ2v) is 4.18. The molecule has 6 heteroatoms. The zero-order chi connectivity index (χ0) is 10.9. The van der Waals surface area contributed by atoms with E-state index >= 15 is 0 Å². The summed E-state index contributed by atoms with van der Waals surface area (Å²) in [6.07, 6.45) is 0. The summed E-state index contributed by atoms with van der Waals surface area (Å²) < 4.78 is 35.1. The molecule has 0 saturated heterocycles. The first-order chi connectivity index (χ1) is 6.36. The van der Waals surface area contributed by atoms with Crippen LogP contribution in [0, 0.1) is 6.92 Å². The Balaban J connectivity index is 3.53. The van der Waals surface area contributed by atoms with Crippen LogP contribution in [0.1, 0.15) is 5.56 Å². The molecule has 14 heavy (non-hydrogen) atoms. The van der Waals surface area contributed by atoms with Crippen LogP contribution in [0.15, 0.2) is 17.0 Å². The molecule has 0 aliphatic rings. The predicted molar refractivity (Wildman–Crippen MR) is 49.2 cm³/mol. The Hall–Kier alpha value is -1.27. The van der Waals surface area contributed by atoms with Crippen LogP contribution in [-0.4, -0.2) is 25.2 Å². The van der Waals surface area contributed by atoms with E-state index in [1.165, 1.54) is 13.2 Å². The average Bonchev–Trinajstić information content (AvgIpc) is 2.06. The molecule has 0 heterocycles. The highest BCUT2D eigenvalue weighted by Gasteiger charge is 2.19. The number of ether oxygens (including phenoxy) is 1. The van der Waals surface area contributed by atoms with Crippen LogP contribution in [0.5, 0.6) is 11.5 Å². The van der Waals surface area contributed by atoms with Gasteiger partial charge in [0, 0.05) is 0 Å². The summed E-state index contributed by atoms with van der Waals surface area (Å²) in [6, 6.07) is 2.62. The molecule has 0 aliphatic carbocycles. The second-order valence-electron chi connectivity index (χ2n) is 2.79. The van der Waals surface area contributed by atoms with Gasteiger partial charge in [-0.1, -0.05) is 0 Å². The summed E-state index contributed by atoms with van der Waals surface area (Å²) in [5.41, 5.74) is 0.562. The Morgan fingerprint density at radius 3 is 2.36 bits per heavy atom. The Morgan fingerprint density at radius 2 is 1.93 bits per heavy atom. The van der Waals surface area contributed by atoms with Crippen molar-refractivity contribution in [2.45, 2.75) is 11.8 Å². The minimum atomic E-state index is -4.42. The quantitative estimate of drug-likeness (QED) is 0.722. The topological polar surface area (TPSA) is 83.8 Å². The van der Waals surface area contributed by atoms with Crippen molar-refractivity contribution in [1.82, 2.24) is 0 Å². The van der Waals surface area contributed by atoms with Crippen LogP contribution < -0.4 is 4.74 Å². The monoisotopic (exact) mass is 218 g/mol. The molecule has 1 aromatic rings. The van der Waals surface area contributed by atoms with Gasteiger partial charge in [-0.3, -0.25) is 4.55 Å². The summed E-state index contributed by atoms with van der Waals surface area (Å²) in [4.78, 5) is -0.547. The first-order valence-corrected chi connectivity index (χ1v) is 5.15. The minimum absolute atomic E-state index is 0.0117. The van der Waals surface area contributed by atoms with Crippen LogP contribution in [0.3, 0.4) is 0 Å². The Morgan fingerprint density at radius 1 is 1.36 bits per heavy atom. The highest BCUT2D eigenvalue weighted by molar-refractivity contribution is 7.86. The first-order valence-electron chi connectivity index (χ1n) is 3.71. The fourth-order valence-electron chi connectivity index (χ4n) is 1.07. The van der Waals surface area contributed by atoms with Gasteiger partial charge in [0.25, 0.3) is 10.1 Å². The van der Waals surface area contributed by atoms with Crippen LogP contribution >= 0.6 is 0 Å². The van der Waals surface area contributed by atoms with Crippen molar-refractivity contribution >= 4 is 10.1 Å². The zero-order valence-electron chi connectivity index (χ0n) is 7.68. The van der Waals surface area contributed by atoms with E-state index in [0.29, 0.717) is 5.56 Å². The molecule has 0 bridgehead atoms. The molecule has 0 aliphatic heterocycles. The van der Waals surface area contributed by atoms with Crippen molar-refractivity contribution < 1.29 is 22.8 Å². The molecule has 0 saturated carbocycles. The number of phenolic OH excluding ortho intramolecular Hbond substituents is 1. The van der Waals surface area contributed by atoms with E-state index in [4.69, 9.17) is 9.29 Å². The van der Waals surface area contributed by atoms with Gasteiger partial charge in [0.15, 0.2) is 11.5 Å². The number of hydrogen-bond donors (Lipinski definition) is 2. The highest BCUT2D eigenvalue weighted by atomic mass is 32.2. The van der Waals surface area contributed by atoms with Gasteiger partial charge in [-0.2, -0.15) is 8.42 Å². The van der Waals surface area contributed by atoms with E-state index in [0.717, 1.165) is 6.07 Å². The van der Waals surface area contributed by atoms with Crippen molar-refractivity contribution in [3.05, 3.63) is 17.7 Å². The van der Waals surface area contributed by atoms with Gasteiger partial charge in [-0.05, 0) is 24.6 Å². The van der Waals surface area contributed by atoms with Gasteiger partial charge in [-0.15, -0.1) is 0 Å². The third kappa shape index (κ3) is 1.97. The molecular formula is C8H10O5S. The minimum Gasteiger partial charge on any atom is -0.503 e. The van der Waals surface area contributed by atoms with E-state index in [2.05, 4.69) is 0 Å². The molecule has 0 amide bonds. The summed E-state index contributed by atoms with van der Waals surface area (Å²) in [7, 11) is -3.12. The van der Waals surface area contributed by atoms with Gasteiger partial charge in [-0.25, -0.2) is 0 Å². The number of aromatic hydroxyl groups is 1. The SMILES string of the molecule is COc1cc(C)cc(S(=O)(=O)O)c1O. The molecule has 5 nitrogen and oxygen atoms in total. The third-order valence-electron chi connectivity index (χ3n) is 1.68. The fraction of sp³-hybridized carbons (Fsp3) is 0.250. The van der Waals surface area contributed by atoms with Gasteiger partial charge in [0.2, 0.25) is 0 Å².